The summed E-state index contributed by atoms with van der Waals surface area (Å²) in [5.41, 5.74) is 1.36. The van der Waals surface area contributed by atoms with E-state index in [4.69, 9.17) is 9.88 Å². The molecule has 0 aliphatic carbocycles. The molecule has 0 fully saturated rings. The molecule has 0 unspecified atom stereocenters. The van der Waals surface area contributed by atoms with Crippen molar-refractivity contribution in [1.82, 2.24) is 9.78 Å². The van der Waals surface area contributed by atoms with Crippen molar-refractivity contribution in [3.05, 3.63) is 30.5 Å². The molecule has 1 heterocycles. The number of aromatic nitrogens is 2. The number of ether oxygens (including phenoxy) is 1. The molecule has 20 heavy (non-hydrogen) atoms. The summed E-state index contributed by atoms with van der Waals surface area (Å²) in [6.07, 6.45) is 1.85. The van der Waals surface area contributed by atoms with Gasteiger partial charge in [0.2, 0.25) is 10.0 Å². The van der Waals surface area contributed by atoms with Crippen LogP contribution in [0.3, 0.4) is 0 Å². The standard InChI is InChI=1S/C13H17N3O3S/c1-9(2)16-7-6-11(15-16)10-4-5-12(19-3)13(8-10)20(14,17)18/h4-9H,1-3H3,(H2,14,17,18). The number of primary sulfonamides is 1. The van der Waals surface area contributed by atoms with Gasteiger partial charge in [-0.1, -0.05) is 0 Å². The van der Waals surface area contributed by atoms with E-state index in [0.29, 0.717) is 11.3 Å². The third kappa shape index (κ3) is 2.83. The minimum atomic E-state index is -3.85. The van der Waals surface area contributed by atoms with Crippen LogP contribution in [0.4, 0.5) is 0 Å². The first kappa shape index (κ1) is 14.5. The molecule has 108 valence electrons. The van der Waals surface area contributed by atoms with Gasteiger partial charge in [0.15, 0.2) is 0 Å². The molecule has 1 aromatic heterocycles. The average molecular weight is 295 g/mol. The highest BCUT2D eigenvalue weighted by Gasteiger charge is 2.17. The minimum absolute atomic E-state index is 0.0448. The van der Waals surface area contributed by atoms with Crippen LogP contribution in [0.15, 0.2) is 35.4 Å². The third-order valence-corrected chi connectivity index (χ3v) is 3.84. The van der Waals surface area contributed by atoms with E-state index in [0.717, 1.165) is 0 Å². The summed E-state index contributed by atoms with van der Waals surface area (Å²) >= 11 is 0. The zero-order valence-corrected chi connectivity index (χ0v) is 12.4. The Morgan fingerprint density at radius 3 is 2.50 bits per heavy atom. The molecule has 0 saturated carbocycles. The number of methoxy groups -OCH3 is 1. The molecule has 2 N–H and O–H groups in total. The van der Waals surface area contributed by atoms with Crippen LogP contribution < -0.4 is 9.88 Å². The van der Waals surface area contributed by atoms with Crippen LogP contribution in [0, 0.1) is 0 Å². The van der Waals surface area contributed by atoms with Gasteiger partial charge in [0.05, 0.1) is 12.8 Å². The van der Waals surface area contributed by atoms with E-state index in [1.807, 2.05) is 26.1 Å². The van der Waals surface area contributed by atoms with Crippen LogP contribution in [0.1, 0.15) is 19.9 Å². The fourth-order valence-corrected chi connectivity index (χ4v) is 2.56. The molecule has 0 radical (unpaired) electrons. The molecule has 0 aliphatic heterocycles. The molecule has 2 rings (SSSR count). The van der Waals surface area contributed by atoms with Gasteiger partial charge in [-0.15, -0.1) is 0 Å². The van der Waals surface area contributed by atoms with Crippen LogP contribution in [0.5, 0.6) is 5.75 Å². The Bertz CT molecular complexity index is 720. The molecule has 0 aliphatic rings. The van der Waals surface area contributed by atoms with Gasteiger partial charge in [-0.3, -0.25) is 4.68 Å². The minimum Gasteiger partial charge on any atom is -0.495 e. The molecule has 6 nitrogen and oxygen atoms in total. The predicted octanol–water partition coefficient (Wildman–Crippen LogP) is 1.79. The second-order valence-corrected chi connectivity index (χ2v) is 6.22. The summed E-state index contributed by atoms with van der Waals surface area (Å²) in [5, 5.41) is 9.60. The number of nitrogens with two attached hydrogens (primary N) is 1. The van der Waals surface area contributed by atoms with Gasteiger partial charge >= 0.3 is 0 Å². The highest BCUT2D eigenvalue weighted by molar-refractivity contribution is 7.89. The van der Waals surface area contributed by atoms with Gasteiger partial charge < -0.3 is 4.74 Å². The van der Waals surface area contributed by atoms with Crippen molar-refractivity contribution in [2.75, 3.05) is 7.11 Å². The van der Waals surface area contributed by atoms with Crippen molar-refractivity contribution >= 4 is 10.0 Å². The summed E-state index contributed by atoms with van der Waals surface area (Å²) in [6, 6.07) is 6.86. The fraction of sp³-hybridized carbons (Fsp3) is 0.308. The lowest BCUT2D eigenvalue weighted by Crippen LogP contribution is -2.13. The summed E-state index contributed by atoms with van der Waals surface area (Å²) in [7, 11) is -2.45. The van der Waals surface area contributed by atoms with E-state index in [9.17, 15) is 8.42 Å². The second-order valence-electron chi connectivity index (χ2n) is 4.69. The van der Waals surface area contributed by atoms with Gasteiger partial charge in [0, 0.05) is 17.8 Å². The normalized spacial score (nSPS) is 11.8. The lowest BCUT2D eigenvalue weighted by atomic mass is 10.1. The molecule has 7 heteroatoms. The summed E-state index contributed by atoms with van der Waals surface area (Å²) < 4.78 is 30.0. The lowest BCUT2D eigenvalue weighted by molar-refractivity contribution is 0.403. The SMILES string of the molecule is COc1ccc(-c2ccn(C(C)C)n2)cc1S(N)(=O)=O. The molecule has 0 amide bonds. The topological polar surface area (TPSA) is 87.2 Å². The van der Waals surface area contributed by atoms with Crippen molar-refractivity contribution in [2.24, 2.45) is 5.14 Å². The van der Waals surface area contributed by atoms with Crippen LogP contribution in [-0.4, -0.2) is 25.3 Å². The van der Waals surface area contributed by atoms with Gasteiger partial charge in [-0.25, -0.2) is 13.6 Å². The largest absolute Gasteiger partial charge is 0.495 e. The molecule has 2 aromatic rings. The Kier molecular flexibility index (Phi) is 3.82. The average Bonchev–Trinajstić information content (AvgIpc) is 2.86. The number of rotatable bonds is 4. The highest BCUT2D eigenvalue weighted by Crippen LogP contribution is 2.28. The van der Waals surface area contributed by atoms with Crippen molar-refractivity contribution in [2.45, 2.75) is 24.8 Å². The number of nitrogens with zero attached hydrogens (tertiary/aromatic N) is 2. The molecule has 0 atom stereocenters. The predicted molar refractivity (Wildman–Crippen MR) is 76.0 cm³/mol. The number of hydrogen-bond acceptors (Lipinski definition) is 4. The zero-order chi connectivity index (χ0) is 14.9. The first-order chi connectivity index (χ1) is 9.32. The Balaban J connectivity index is 2.53. The van der Waals surface area contributed by atoms with Crippen molar-refractivity contribution in [3.8, 4) is 17.0 Å². The van der Waals surface area contributed by atoms with Crippen LogP contribution in [0.25, 0.3) is 11.3 Å². The first-order valence-electron chi connectivity index (χ1n) is 6.09. The summed E-state index contributed by atoms with van der Waals surface area (Å²) in [6.45, 7) is 4.03. The maximum absolute atomic E-state index is 11.6. The van der Waals surface area contributed by atoms with E-state index in [1.165, 1.54) is 13.2 Å². The quantitative estimate of drug-likeness (QED) is 0.931. The zero-order valence-electron chi connectivity index (χ0n) is 11.6. The molecular formula is C13H17N3O3S. The van der Waals surface area contributed by atoms with Gasteiger partial charge in [-0.05, 0) is 38.1 Å². The Hall–Kier alpha value is -1.86. The first-order valence-corrected chi connectivity index (χ1v) is 7.64. The molecule has 0 bridgehead atoms. The van der Waals surface area contributed by atoms with Crippen molar-refractivity contribution < 1.29 is 13.2 Å². The van der Waals surface area contributed by atoms with Gasteiger partial charge in [0.25, 0.3) is 0 Å². The summed E-state index contributed by atoms with van der Waals surface area (Å²) in [4.78, 5) is -0.0448. The Morgan fingerprint density at radius 2 is 2.00 bits per heavy atom. The van der Waals surface area contributed by atoms with Crippen molar-refractivity contribution in [1.29, 1.82) is 0 Å². The number of sulfonamides is 1. The number of hydrogen-bond donors (Lipinski definition) is 1. The van der Waals surface area contributed by atoms with Crippen LogP contribution >= 0.6 is 0 Å². The Morgan fingerprint density at radius 1 is 1.30 bits per heavy atom. The maximum atomic E-state index is 11.6. The highest BCUT2D eigenvalue weighted by atomic mass is 32.2. The Labute approximate surface area is 118 Å². The molecule has 1 aromatic carbocycles. The fourth-order valence-electron chi connectivity index (χ4n) is 1.84. The smallest absolute Gasteiger partial charge is 0.241 e. The van der Waals surface area contributed by atoms with Crippen LogP contribution in [0.2, 0.25) is 0 Å². The van der Waals surface area contributed by atoms with Crippen molar-refractivity contribution in [3.63, 3.8) is 0 Å². The van der Waals surface area contributed by atoms with E-state index < -0.39 is 10.0 Å². The van der Waals surface area contributed by atoms with E-state index >= 15 is 0 Å². The number of benzene rings is 1. The molecular weight excluding hydrogens is 278 g/mol. The second kappa shape index (κ2) is 5.26. The van der Waals surface area contributed by atoms with Crippen LogP contribution in [-0.2, 0) is 10.0 Å². The van der Waals surface area contributed by atoms with E-state index in [1.54, 1.807) is 16.8 Å². The van der Waals surface area contributed by atoms with Gasteiger partial charge in [-0.2, -0.15) is 5.10 Å². The monoisotopic (exact) mass is 295 g/mol. The molecule has 0 saturated heterocycles. The van der Waals surface area contributed by atoms with E-state index in [-0.39, 0.29) is 16.7 Å². The molecule has 0 spiro atoms. The summed E-state index contributed by atoms with van der Waals surface area (Å²) in [5.74, 6) is 0.222. The lowest BCUT2D eigenvalue weighted by Gasteiger charge is -2.08. The van der Waals surface area contributed by atoms with Gasteiger partial charge in [0.1, 0.15) is 10.6 Å². The third-order valence-electron chi connectivity index (χ3n) is 2.90. The van der Waals surface area contributed by atoms with E-state index in [2.05, 4.69) is 5.10 Å². The maximum Gasteiger partial charge on any atom is 0.241 e.